The van der Waals surface area contributed by atoms with Crippen molar-refractivity contribution in [1.29, 1.82) is 0 Å². The van der Waals surface area contributed by atoms with Gasteiger partial charge in [0.2, 0.25) is 5.52 Å². The third-order valence-corrected chi connectivity index (χ3v) is 1.92. The van der Waals surface area contributed by atoms with Crippen molar-refractivity contribution in [2.45, 2.75) is 0 Å². The number of nitrogens with two attached hydrogens (primary N) is 2. The normalized spacial score (nSPS) is 9.33. The molecule has 2 aromatic rings. The van der Waals surface area contributed by atoms with E-state index >= 15 is 0 Å². The zero-order valence-electron chi connectivity index (χ0n) is 7.94. The topological polar surface area (TPSA) is 78.5 Å². The van der Waals surface area contributed by atoms with Crippen LogP contribution in [0.2, 0.25) is 0 Å². The van der Waals surface area contributed by atoms with Crippen LogP contribution in [-0.2, 0) is 0 Å². The van der Waals surface area contributed by atoms with E-state index in [1.165, 1.54) is 0 Å². The molecule has 2 rings (SSSR count). The van der Waals surface area contributed by atoms with Crippen molar-refractivity contribution in [2.75, 3.05) is 0 Å². The highest BCUT2D eigenvalue weighted by Crippen LogP contribution is 2.20. The maximum absolute atomic E-state index is 5.33. The highest BCUT2D eigenvalue weighted by molar-refractivity contribution is 5.89. The number of guanidine groups is 1. The van der Waals surface area contributed by atoms with E-state index in [1.807, 2.05) is 36.5 Å². The van der Waals surface area contributed by atoms with E-state index in [0.29, 0.717) is 0 Å². The zero-order chi connectivity index (χ0) is 9.97. The number of fused-ring (bicyclic) bond motifs is 1. The quantitative estimate of drug-likeness (QED) is 0.416. The van der Waals surface area contributed by atoms with Gasteiger partial charge in [0.15, 0.2) is 12.2 Å². The Morgan fingerprint density at radius 1 is 1.13 bits per heavy atom. The van der Waals surface area contributed by atoms with Gasteiger partial charge in [0, 0.05) is 11.5 Å². The first-order valence-electron chi connectivity index (χ1n) is 4.26. The lowest BCUT2D eigenvalue weighted by Crippen LogP contribution is -3.00. The number of nitrogens with one attached hydrogen (secondary N) is 1. The number of aromatic amines is 1. The lowest BCUT2D eigenvalue weighted by Gasteiger charge is -1.95. The van der Waals surface area contributed by atoms with Gasteiger partial charge in [-0.3, -0.25) is 0 Å². The fraction of sp³-hybridized carbons (Fsp3) is 0. The molecule has 1 aromatic carbocycles. The van der Waals surface area contributed by atoms with Crippen molar-refractivity contribution in [2.24, 2.45) is 16.5 Å². The lowest BCUT2D eigenvalue weighted by atomic mass is 10.2. The molecule has 0 aliphatic heterocycles. The molecule has 15 heavy (non-hydrogen) atoms. The van der Waals surface area contributed by atoms with E-state index in [4.69, 9.17) is 11.5 Å². The smallest absolute Gasteiger partial charge is 0.236 e. The molecule has 1 aromatic heterocycles. The fourth-order valence-corrected chi connectivity index (χ4v) is 1.37. The van der Waals surface area contributed by atoms with Crippen LogP contribution >= 0.6 is 0 Å². The van der Waals surface area contributed by atoms with E-state index in [9.17, 15) is 0 Å². The number of H-pyrrole nitrogens is 1. The molecule has 0 spiro atoms. The number of hydrogen-bond acceptors (Lipinski definition) is 1. The Kier molecular flexibility index (Phi) is 3.46. The molecule has 0 bridgehead atoms. The first-order chi connectivity index (χ1) is 6.77. The average Bonchev–Trinajstić information content (AvgIpc) is 2.18. The highest BCUT2D eigenvalue weighted by atomic mass is 35.5. The van der Waals surface area contributed by atoms with Gasteiger partial charge in [-0.1, -0.05) is 6.07 Å². The third-order valence-electron chi connectivity index (χ3n) is 1.92. The summed E-state index contributed by atoms with van der Waals surface area (Å²) in [6.07, 6.45) is 1.84. The molecular formula is C10H11ClN4. The lowest BCUT2D eigenvalue weighted by molar-refractivity contribution is -0.344. The molecule has 78 valence electrons. The summed E-state index contributed by atoms with van der Waals surface area (Å²) in [4.78, 5) is 7.14. The van der Waals surface area contributed by atoms with Crippen molar-refractivity contribution in [3.05, 3.63) is 36.5 Å². The Labute approximate surface area is 93.4 Å². The molecule has 5 heteroatoms. The number of nitrogens with zero attached hydrogens (tertiary/aromatic N) is 1. The maximum Gasteiger partial charge on any atom is 0.236 e. The minimum atomic E-state index is 0. The summed E-state index contributed by atoms with van der Waals surface area (Å²) < 4.78 is 0. The van der Waals surface area contributed by atoms with Gasteiger partial charge in [0.25, 0.3) is 0 Å². The standard InChI is InChI=1S/C10H10N4.ClH/c11-10(12)14-8-5-1-3-7-4-2-6-13-9(7)8;/h1-6H,(H4,11,12,14);1H. The number of hydrogen-bond donors (Lipinski definition) is 2. The number of pyridine rings is 1. The SMILES string of the molecule is NC(N)=Nc1cccc2ccc[nH+]c12.[Cl-]. The summed E-state index contributed by atoms with van der Waals surface area (Å²) in [5.74, 6) is 0.0646. The van der Waals surface area contributed by atoms with Crippen LogP contribution < -0.4 is 28.9 Å². The first-order valence-corrected chi connectivity index (χ1v) is 4.26. The van der Waals surface area contributed by atoms with Gasteiger partial charge < -0.3 is 23.9 Å². The monoisotopic (exact) mass is 222 g/mol. The fourth-order valence-electron chi connectivity index (χ4n) is 1.37. The van der Waals surface area contributed by atoms with Gasteiger partial charge in [-0.2, -0.15) is 0 Å². The number of rotatable bonds is 1. The number of halogens is 1. The van der Waals surface area contributed by atoms with E-state index in [0.717, 1.165) is 16.6 Å². The van der Waals surface area contributed by atoms with Crippen LogP contribution in [0.25, 0.3) is 10.9 Å². The van der Waals surface area contributed by atoms with Gasteiger partial charge in [-0.05, 0) is 18.2 Å². The molecule has 0 fully saturated rings. The van der Waals surface area contributed by atoms with E-state index in [1.54, 1.807) is 0 Å². The second-order valence-corrected chi connectivity index (χ2v) is 2.95. The number of para-hydroxylation sites is 1. The largest absolute Gasteiger partial charge is 1.00 e. The molecule has 0 aliphatic rings. The Hall–Kier alpha value is -1.81. The molecule has 0 atom stereocenters. The zero-order valence-corrected chi connectivity index (χ0v) is 8.70. The summed E-state index contributed by atoms with van der Waals surface area (Å²) in [5.41, 5.74) is 12.3. The van der Waals surface area contributed by atoms with Gasteiger partial charge in [-0.25, -0.2) is 9.98 Å². The van der Waals surface area contributed by atoms with Crippen LogP contribution in [-0.4, -0.2) is 5.96 Å². The average molecular weight is 223 g/mol. The Balaban J connectivity index is 0.00000112. The minimum absolute atomic E-state index is 0. The molecule has 0 aliphatic carbocycles. The summed E-state index contributed by atoms with van der Waals surface area (Å²) in [7, 11) is 0. The van der Waals surface area contributed by atoms with Crippen molar-refractivity contribution in [3.8, 4) is 0 Å². The van der Waals surface area contributed by atoms with Crippen molar-refractivity contribution >= 4 is 22.5 Å². The number of aliphatic imine (C=N–C) groups is 1. The van der Waals surface area contributed by atoms with Crippen LogP contribution in [0.5, 0.6) is 0 Å². The van der Waals surface area contributed by atoms with Crippen LogP contribution in [0, 0.1) is 0 Å². The molecule has 0 amide bonds. The molecule has 1 heterocycles. The van der Waals surface area contributed by atoms with Crippen LogP contribution in [0.15, 0.2) is 41.5 Å². The molecule has 4 nitrogen and oxygen atoms in total. The van der Waals surface area contributed by atoms with Crippen molar-refractivity contribution in [1.82, 2.24) is 0 Å². The first kappa shape index (κ1) is 11.3. The predicted molar refractivity (Wildman–Crippen MR) is 56.0 cm³/mol. The molecule has 0 saturated heterocycles. The summed E-state index contributed by atoms with van der Waals surface area (Å²) in [6, 6.07) is 9.70. The predicted octanol–water partition coefficient (Wildman–Crippen LogP) is -2.44. The van der Waals surface area contributed by atoms with Crippen molar-refractivity contribution in [3.63, 3.8) is 0 Å². The van der Waals surface area contributed by atoms with Crippen LogP contribution in [0.3, 0.4) is 0 Å². The van der Waals surface area contributed by atoms with Crippen molar-refractivity contribution < 1.29 is 17.4 Å². The summed E-state index contributed by atoms with van der Waals surface area (Å²) in [6.45, 7) is 0. The molecule has 5 N–H and O–H groups in total. The summed E-state index contributed by atoms with van der Waals surface area (Å²) in [5, 5.41) is 1.08. The summed E-state index contributed by atoms with van der Waals surface area (Å²) >= 11 is 0. The Morgan fingerprint density at radius 2 is 1.87 bits per heavy atom. The van der Waals surface area contributed by atoms with Gasteiger partial charge in [-0.15, -0.1) is 0 Å². The molecular weight excluding hydrogens is 212 g/mol. The van der Waals surface area contributed by atoms with E-state index in [2.05, 4.69) is 9.98 Å². The maximum atomic E-state index is 5.33. The third kappa shape index (κ3) is 2.35. The number of aromatic nitrogens is 1. The van der Waals surface area contributed by atoms with Gasteiger partial charge >= 0.3 is 0 Å². The Bertz CT molecular complexity index is 486. The second kappa shape index (κ2) is 4.61. The minimum Gasteiger partial charge on any atom is -1.00 e. The van der Waals surface area contributed by atoms with E-state index < -0.39 is 0 Å². The molecule has 0 radical (unpaired) electrons. The molecule has 0 saturated carbocycles. The highest BCUT2D eigenvalue weighted by Gasteiger charge is 2.04. The second-order valence-electron chi connectivity index (χ2n) is 2.95. The van der Waals surface area contributed by atoms with Crippen LogP contribution in [0.4, 0.5) is 5.69 Å². The molecule has 0 unspecified atom stereocenters. The number of benzene rings is 1. The Morgan fingerprint density at radius 3 is 2.60 bits per heavy atom. The van der Waals surface area contributed by atoms with Gasteiger partial charge in [0.1, 0.15) is 5.69 Å². The van der Waals surface area contributed by atoms with Crippen LogP contribution in [0.1, 0.15) is 0 Å². The van der Waals surface area contributed by atoms with Gasteiger partial charge in [0.05, 0.1) is 0 Å². The van der Waals surface area contributed by atoms with E-state index in [-0.39, 0.29) is 18.4 Å².